The molecule has 80 valence electrons. The zero-order chi connectivity index (χ0) is 9.80. The Bertz CT molecular complexity index is 189. The largest absolute Gasteiger partial charge is 0.302 e. The molecular formula is C11H20N2O. The number of nitrogens with zero attached hydrogens (tertiary/aromatic N) is 2. The molecule has 3 nitrogen and oxygen atoms in total. The number of piperidine rings is 1. The minimum atomic E-state index is 0.447. The number of carbonyl (C=O) groups is 1. The molecule has 0 bridgehead atoms. The molecule has 0 radical (unpaired) electrons. The summed E-state index contributed by atoms with van der Waals surface area (Å²) in [6.45, 7) is 6.92. The van der Waals surface area contributed by atoms with Crippen LogP contribution in [-0.4, -0.2) is 54.9 Å². The third-order valence-corrected chi connectivity index (χ3v) is 3.34. The Morgan fingerprint density at radius 2 is 1.36 bits per heavy atom. The Hall–Kier alpha value is -0.410. The second-order valence-electron chi connectivity index (χ2n) is 4.43. The van der Waals surface area contributed by atoms with Crippen molar-refractivity contribution in [2.24, 2.45) is 0 Å². The van der Waals surface area contributed by atoms with Crippen molar-refractivity contribution in [3.8, 4) is 0 Å². The summed E-state index contributed by atoms with van der Waals surface area (Å²) >= 11 is 0. The lowest BCUT2D eigenvalue weighted by Crippen LogP contribution is -2.39. The van der Waals surface area contributed by atoms with Crippen LogP contribution in [0.1, 0.15) is 25.7 Å². The molecule has 0 atom stereocenters. The van der Waals surface area contributed by atoms with Gasteiger partial charge in [-0.15, -0.1) is 0 Å². The Labute approximate surface area is 86.1 Å². The van der Waals surface area contributed by atoms with Crippen LogP contribution >= 0.6 is 0 Å². The molecule has 14 heavy (non-hydrogen) atoms. The van der Waals surface area contributed by atoms with Crippen molar-refractivity contribution < 1.29 is 4.79 Å². The van der Waals surface area contributed by atoms with Gasteiger partial charge in [0, 0.05) is 39.0 Å². The number of likely N-dealkylation sites (tertiary alicyclic amines) is 2. The normalized spacial score (nSPS) is 25.9. The fourth-order valence-electron chi connectivity index (χ4n) is 2.32. The van der Waals surface area contributed by atoms with Gasteiger partial charge in [0.25, 0.3) is 0 Å². The van der Waals surface area contributed by atoms with Crippen LogP contribution < -0.4 is 0 Å². The first kappa shape index (κ1) is 10.1. The van der Waals surface area contributed by atoms with Gasteiger partial charge in [-0.2, -0.15) is 0 Å². The number of ketones is 1. The topological polar surface area (TPSA) is 23.6 Å². The fraction of sp³-hybridized carbons (Fsp3) is 0.909. The van der Waals surface area contributed by atoms with E-state index in [1.165, 1.54) is 32.5 Å². The fourth-order valence-corrected chi connectivity index (χ4v) is 2.32. The molecule has 0 N–H and O–H groups in total. The predicted molar refractivity (Wildman–Crippen MR) is 56.4 cm³/mol. The van der Waals surface area contributed by atoms with E-state index < -0.39 is 0 Å². The van der Waals surface area contributed by atoms with Gasteiger partial charge in [-0.05, 0) is 25.9 Å². The summed E-state index contributed by atoms with van der Waals surface area (Å²) in [5, 5.41) is 0. The van der Waals surface area contributed by atoms with E-state index in [0.29, 0.717) is 5.78 Å². The van der Waals surface area contributed by atoms with E-state index in [9.17, 15) is 4.79 Å². The van der Waals surface area contributed by atoms with Crippen molar-refractivity contribution >= 4 is 5.78 Å². The summed E-state index contributed by atoms with van der Waals surface area (Å²) in [6, 6.07) is 0. The summed E-state index contributed by atoms with van der Waals surface area (Å²) in [5.41, 5.74) is 0. The molecule has 2 rings (SSSR count). The number of carbonyl (C=O) groups excluding carboxylic acids is 1. The molecule has 2 fully saturated rings. The average molecular weight is 196 g/mol. The third kappa shape index (κ3) is 2.79. The van der Waals surface area contributed by atoms with Crippen molar-refractivity contribution in [1.29, 1.82) is 0 Å². The average Bonchev–Trinajstić information content (AvgIpc) is 2.70. The van der Waals surface area contributed by atoms with Gasteiger partial charge in [-0.1, -0.05) is 0 Å². The van der Waals surface area contributed by atoms with Crippen molar-refractivity contribution in [3.05, 3.63) is 0 Å². The van der Waals surface area contributed by atoms with Crippen molar-refractivity contribution in [3.63, 3.8) is 0 Å². The van der Waals surface area contributed by atoms with E-state index in [0.717, 1.165) is 32.5 Å². The van der Waals surface area contributed by atoms with E-state index in [-0.39, 0.29) is 0 Å². The van der Waals surface area contributed by atoms with E-state index >= 15 is 0 Å². The highest BCUT2D eigenvalue weighted by Gasteiger charge is 2.17. The summed E-state index contributed by atoms with van der Waals surface area (Å²) in [7, 11) is 0. The zero-order valence-electron chi connectivity index (χ0n) is 8.87. The van der Waals surface area contributed by atoms with Gasteiger partial charge in [0.15, 0.2) is 0 Å². The summed E-state index contributed by atoms with van der Waals surface area (Å²) in [5.74, 6) is 0.447. The highest BCUT2D eigenvalue weighted by Crippen LogP contribution is 2.09. The number of hydrogen-bond acceptors (Lipinski definition) is 3. The predicted octanol–water partition coefficient (Wildman–Crippen LogP) is 0.747. The van der Waals surface area contributed by atoms with Crippen molar-refractivity contribution in [2.45, 2.75) is 25.7 Å². The van der Waals surface area contributed by atoms with Gasteiger partial charge in [-0.3, -0.25) is 4.79 Å². The maximum absolute atomic E-state index is 11.0. The highest BCUT2D eigenvalue weighted by molar-refractivity contribution is 5.79. The molecule has 2 aliphatic rings. The van der Waals surface area contributed by atoms with E-state index in [2.05, 4.69) is 9.80 Å². The van der Waals surface area contributed by atoms with Crippen LogP contribution in [0.25, 0.3) is 0 Å². The summed E-state index contributed by atoms with van der Waals surface area (Å²) in [6.07, 6.45) is 4.30. The van der Waals surface area contributed by atoms with Crippen LogP contribution in [0.4, 0.5) is 0 Å². The summed E-state index contributed by atoms with van der Waals surface area (Å²) < 4.78 is 0. The van der Waals surface area contributed by atoms with Gasteiger partial charge in [0.1, 0.15) is 5.78 Å². The molecule has 0 aromatic rings. The molecule has 0 amide bonds. The molecule has 0 aromatic carbocycles. The van der Waals surface area contributed by atoms with Crippen LogP contribution in [-0.2, 0) is 4.79 Å². The second kappa shape index (κ2) is 4.89. The molecule has 0 spiro atoms. The lowest BCUT2D eigenvalue weighted by molar-refractivity contribution is -0.121. The van der Waals surface area contributed by atoms with E-state index in [1.807, 2.05) is 0 Å². The molecule has 0 aromatic heterocycles. The van der Waals surface area contributed by atoms with Gasteiger partial charge in [0.05, 0.1) is 0 Å². The van der Waals surface area contributed by atoms with Crippen LogP contribution in [0.5, 0.6) is 0 Å². The van der Waals surface area contributed by atoms with Gasteiger partial charge >= 0.3 is 0 Å². The molecule has 0 unspecified atom stereocenters. The first-order valence-electron chi connectivity index (χ1n) is 5.81. The minimum Gasteiger partial charge on any atom is -0.302 e. The highest BCUT2D eigenvalue weighted by atomic mass is 16.1. The lowest BCUT2D eigenvalue weighted by Gasteiger charge is -2.27. The smallest absolute Gasteiger partial charge is 0.135 e. The van der Waals surface area contributed by atoms with Crippen molar-refractivity contribution in [1.82, 2.24) is 9.80 Å². The van der Waals surface area contributed by atoms with E-state index in [1.54, 1.807) is 0 Å². The van der Waals surface area contributed by atoms with Crippen LogP contribution in [0.2, 0.25) is 0 Å². The van der Waals surface area contributed by atoms with E-state index in [4.69, 9.17) is 0 Å². The molecule has 2 saturated heterocycles. The standard InChI is InChI=1S/C11H20N2O/c14-11-3-7-13(8-4-11)10-9-12-5-1-2-6-12/h1-10H2. The van der Waals surface area contributed by atoms with Gasteiger partial charge in [-0.25, -0.2) is 0 Å². The Morgan fingerprint density at radius 1 is 0.857 bits per heavy atom. The molecule has 3 heteroatoms. The van der Waals surface area contributed by atoms with Crippen molar-refractivity contribution in [2.75, 3.05) is 39.3 Å². The molecular weight excluding hydrogens is 176 g/mol. The second-order valence-corrected chi connectivity index (χ2v) is 4.43. The summed E-state index contributed by atoms with van der Waals surface area (Å²) in [4.78, 5) is 16.0. The number of rotatable bonds is 3. The Kier molecular flexibility index (Phi) is 3.54. The molecule has 0 aliphatic carbocycles. The Morgan fingerprint density at radius 3 is 1.93 bits per heavy atom. The van der Waals surface area contributed by atoms with Crippen LogP contribution in [0, 0.1) is 0 Å². The minimum absolute atomic E-state index is 0.447. The zero-order valence-corrected chi connectivity index (χ0v) is 8.87. The number of hydrogen-bond donors (Lipinski definition) is 0. The first-order chi connectivity index (χ1) is 6.84. The van der Waals surface area contributed by atoms with Gasteiger partial charge < -0.3 is 9.80 Å². The molecule has 2 aliphatic heterocycles. The first-order valence-corrected chi connectivity index (χ1v) is 5.81. The maximum Gasteiger partial charge on any atom is 0.135 e. The Balaban J connectivity index is 1.63. The van der Waals surface area contributed by atoms with Crippen LogP contribution in [0.15, 0.2) is 0 Å². The van der Waals surface area contributed by atoms with Gasteiger partial charge in [0.2, 0.25) is 0 Å². The third-order valence-electron chi connectivity index (χ3n) is 3.34. The monoisotopic (exact) mass is 196 g/mol. The SMILES string of the molecule is O=C1CCN(CCN2CCCC2)CC1. The maximum atomic E-state index is 11.0. The molecule has 2 heterocycles. The quantitative estimate of drug-likeness (QED) is 0.665. The lowest BCUT2D eigenvalue weighted by atomic mass is 10.1. The number of Topliss-reactive ketones (excluding diaryl/α,β-unsaturated/α-hetero) is 1. The molecule has 0 saturated carbocycles. The van der Waals surface area contributed by atoms with Crippen LogP contribution in [0.3, 0.4) is 0 Å².